The molecule has 3 rings (SSSR count). The van der Waals surface area contributed by atoms with Gasteiger partial charge in [0.2, 0.25) is 0 Å². The number of benzene rings is 2. The van der Waals surface area contributed by atoms with Crippen LogP contribution in [-0.2, 0) is 14.4 Å². The molecule has 8 nitrogen and oxygen atoms in total. The molecule has 1 atom stereocenters. The number of nitrogens with one attached hydrogen (secondary N) is 1. The smallest absolute Gasteiger partial charge is 0.335 e. The maximum atomic E-state index is 12.9. The molecule has 154 valence electrons. The lowest BCUT2D eigenvalue weighted by molar-refractivity contribution is -0.312. The van der Waals surface area contributed by atoms with E-state index in [9.17, 15) is 24.3 Å². The number of hydrogen-bond donors (Lipinski definition) is 1. The van der Waals surface area contributed by atoms with Gasteiger partial charge in [-0.05, 0) is 67.8 Å². The predicted molar refractivity (Wildman–Crippen MR) is 106 cm³/mol. The van der Waals surface area contributed by atoms with Crippen molar-refractivity contribution in [3.8, 4) is 5.75 Å². The third-order valence-corrected chi connectivity index (χ3v) is 4.40. The van der Waals surface area contributed by atoms with Crippen molar-refractivity contribution in [2.75, 3.05) is 4.90 Å². The fourth-order valence-corrected chi connectivity index (χ4v) is 3.03. The van der Waals surface area contributed by atoms with Gasteiger partial charge >= 0.3 is 6.03 Å². The summed E-state index contributed by atoms with van der Waals surface area (Å²) in [5, 5.41) is 12.9. The molecule has 0 saturated carbocycles. The van der Waals surface area contributed by atoms with E-state index in [1.165, 1.54) is 25.1 Å². The van der Waals surface area contributed by atoms with Crippen LogP contribution in [0.15, 0.2) is 48.0 Å². The Balaban J connectivity index is 1.90. The lowest BCUT2D eigenvalue weighted by atomic mass is 10.1. The number of carbonyl (C=O) groups excluding carboxylic acids is 4. The van der Waals surface area contributed by atoms with E-state index >= 15 is 0 Å². The Morgan fingerprint density at radius 3 is 2.23 bits per heavy atom. The summed E-state index contributed by atoms with van der Waals surface area (Å²) in [6.45, 7) is 5.03. The summed E-state index contributed by atoms with van der Waals surface area (Å²) >= 11 is 0. The summed E-state index contributed by atoms with van der Waals surface area (Å²) in [5.41, 5.74) is 2.40. The topological polar surface area (TPSA) is 116 Å². The second kappa shape index (κ2) is 8.20. The normalized spacial score (nSPS) is 16.4. The van der Waals surface area contributed by atoms with Crippen LogP contribution >= 0.6 is 0 Å². The average molecular weight is 407 g/mol. The van der Waals surface area contributed by atoms with Crippen LogP contribution in [0, 0.1) is 13.8 Å². The molecule has 1 heterocycles. The first kappa shape index (κ1) is 20.8. The van der Waals surface area contributed by atoms with Crippen molar-refractivity contribution in [3.63, 3.8) is 0 Å². The summed E-state index contributed by atoms with van der Waals surface area (Å²) in [6.07, 6.45) is 0.225. The van der Waals surface area contributed by atoms with Crippen LogP contribution in [0.5, 0.6) is 5.75 Å². The van der Waals surface area contributed by atoms with E-state index in [4.69, 9.17) is 4.74 Å². The van der Waals surface area contributed by atoms with E-state index in [0.29, 0.717) is 17.0 Å². The molecule has 8 heteroatoms. The molecule has 1 fully saturated rings. The highest BCUT2D eigenvalue weighted by atomic mass is 16.5. The number of carboxylic acids is 1. The molecule has 2 aromatic carbocycles. The monoisotopic (exact) mass is 407 g/mol. The van der Waals surface area contributed by atoms with E-state index in [1.54, 1.807) is 24.3 Å². The maximum absolute atomic E-state index is 12.9. The van der Waals surface area contributed by atoms with Gasteiger partial charge in [-0.3, -0.25) is 14.9 Å². The summed E-state index contributed by atoms with van der Waals surface area (Å²) in [6, 6.07) is 10.6. The number of aryl methyl sites for hydroxylation is 2. The Morgan fingerprint density at radius 1 is 1.07 bits per heavy atom. The molecular weight excluding hydrogens is 388 g/mol. The number of nitrogens with zero attached hydrogens (tertiary/aromatic N) is 1. The Bertz CT molecular complexity index is 1050. The average Bonchev–Trinajstić information content (AvgIpc) is 2.65. The number of ether oxygens (including phenoxy) is 1. The highest BCUT2D eigenvalue weighted by Gasteiger charge is 2.36. The molecule has 0 unspecified atom stereocenters. The van der Waals surface area contributed by atoms with Crippen LogP contribution in [0.4, 0.5) is 10.5 Å². The first-order valence-electron chi connectivity index (χ1n) is 9.13. The highest BCUT2D eigenvalue weighted by Crippen LogP contribution is 2.24. The number of aliphatic carboxylic acids is 1. The first-order valence-corrected chi connectivity index (χ1v) is 9.13. The first-order chi connectivity index (χ1) is 14.2. The van der Waals surface area contributed by atoms with Gasteiger partial charge in [0.1, 0.15) is 17.4 Å². The van der Waals surface area contributed by atoms with Crippen molar-refractivity contribution in [2.45, 2.75) is 26.9 Å². The third kappa shape index (κ3) is 4.38. The Hall–Kier alpha value is -3.94. The number of rotatable bonds is 5. The van der Waals surface area contributed by atoms with Gasteiger partial charge in [-0.2, -0.15) is 0 Å². The molecule has 0 radical (unpaired) electrons. The van der Waals surface area contributed by atoms with Gasteiger partial charge in [-0.15, -0.1) is 0 Å². The molecule has 2 aromatic rings. The van der Waals surface area contributed by atoms with Gasteiger partial charge in [-0.1, -0.05) is 18.2 Å². The second-order valence-corrected chi connectivity index (χ2v) is 6.95. The molecule has 4 amide bonds. The van der Waals surface area contributed by atoms with Crippen molar-refractivity contribution in [3.05, 3.63) is 64.7 Å². The molecule has 0 spiro atoms. The van der Waals surface area contributed by atoms with Crippen LogP contribution in [0.2, 0.25) is 0 Å². The Labute approximate surface area is 172 Å². The van der Waals surface area contributed by atoms with Crippen LogP contribution in [0.25, 0.3) is 6.08 Å². The minimum absolute atomic E-state index is 0.203. The minimum Gasteiger partial charge on any atom is -0.546 e. The number of anilines is 1. The second-order valence-electron chi connectivity index (χ2n) is 6.95. The molecular formula is C22H19N2O6-. The van der Waals surface area contributed by atoms with E-state index in [0.717, 1.165) is 16.0 Å². The van der Waals surface area contributed by atoms with Gasteiger partial charge < -0.3 is 14.6 Å². The number of carbonyl (C=O) groups is 4. The summed E-state index contributed by atoms with van der Waals surface area (Å²) in [7, 11) is 0. The van der Waals surface area contributed by atoms with E-state index in [1.807, 2.05) is 19.9 Å². The van der Waals surface area contributed by atoms with Gasteiger partial charge in [0.05, 0.1) is 11.7 Å². The summed E-state index contributed by atoms with van der Waals surface area (Å²) in [5.74, 6) is -2.58. The van der Waals surface area contributed by atoms with Crippen molar-refractivity contribution in [2.24, 2.45) is 0 Å². The summed E-state index contributed by atoms with van der Waals surface area (Å²) in [4.78, 5) is 49.2. The Kier molecular flexibility index (Phi) is 5.68. The highest BCUT2D eigenvalue weighted by molar-refractivity contribution is 6.39. The SMILES string of the molecule is Cc1cc(C)cc(N2C(=O)NC(=O)/C(=C\c3ccc(O[C@H](C)C(=O)[O-])cc3)C2=O)c1. The zero-order valence-electron chi connectivity index (χ0n) is 16.6. The van der Waals surface area contributed by atoms with Crippen molar-refractivity contribution in [1.82, 2.24) is 5.32 Å². The summed E-state index contributed by atoms with van der Waals surface area (Å²) < 4.78 is 5.19. The zero-order valence-corrected chi connectivity index (χ0v) is 16.6. The molecule has 1 N–H and O–H groups in total. The van der Waals surface area contributed by atoms with E-state index in [-0.39, 0.29) is 5.57 Å². The fraction of sp³-hybridized carbons (Fsp3) is 0.182. The number of hydrogen-bond acceptors (Lipinski definition) is 6. The number of amides is 4. The van der Waals surface area contributed by atoms with Crippen molar-refractivity contribution < 1.29 is 29.0 Å². The van der Waals surface area contributed by atoms with Crippen LogP contribution in [-0.4, -0.2) is 29.9 Å². The lowest BCUT2D eigenvalue weighted by Crippen LogP contribution is -2.54. The van der Waals surface area contributed by atoms with Gasteiger partial charge in [0.25, 0.3) is 11.8 Å². The number of urea groups is 1. The molecule has 0 bridgehead atoms. The van der Waals surface area contributed by atoms with Gasteiger partial charge in [0, 0.05) is 0 Å². The van der Waals surface area contributed by atoms with Gasteiger partial charge in [-0.25, -0.2) is 9.69 Å². The Morgan fingerprint density at radius 2 is 1.67 bits per heavy atom. The van der Waals surface area contributed by atoms with Crippen LogP contribution in [0.3, 0.4) is 0 Å². The van der Waals surface area contributed by atoms with E-state index in [2.05, 4.69) is 5.32 Å². The van der Waals surface area contributed by atoms with Crippen molar-refractivity contribution in [1.29, 1.82) is 0 Å². The molecule has 0 aliphatic carbocycles. The van der Waals surface area contributed by atoms with Crippen molar-refractivity contribution >= 4 is 35.6 Å². The zero-order chi connectivity index (χ0) is 22.0. The number of imide groups is 2. The lowest BCUT2D eigenvalue weighted by Gasteiger charge is -2.27. The minimum atomic E-state index is -1.35. The quantitative estimate of drug-likeness (QED) is 0.593. The molecule has 30 heavy (non-hydrogen) atoms. The largest absolute Gasteiger partial charge is 0.546 e. The predicted octanol–water partition coefficient (Wildman–Crippen LogP) is 1.49. The third-order valence-electron chi connectivity index (χ3n) is 4.40. The molecule has 1 aliphatic rings. The fourth-order valence-electron chi connectivity index (χ4n) is 3.03. The molecule has 1 saturated heterocycles. The number of carboxylic acid groups (broad SMARTS) is 1. The van der Waals surface area contributed by atoms with E-state index < -0.39 is 29.9 Å². The number of barbiturate groups is 1. The van der Waals surface area contributed by atoms with Crippen LogP contribution < -0.4 is 20.1 Å². The maximum Gasteiger partial charge on any atom is 0.335 e. The molecule has 1 aliphatic heterocycles. The standard InChI is InChI=1S/C22H20N2O6/c1-12-8-13(2)10-16(9-12)24-20(26)18(19(25)23-22(24)29)11-15-4-6-17(7-5-15)30-14(3)21(27)28/h4-11,14H,1-3H3,(H,27,28)(H,23,25,29)/p-1/b18-11+/t14-/m1/s1. The van der Waals surface area contributed by atoms with Gasteiger partial charge in [0.15, 0.2) is 0 Å². The molecule has 0 aromatic heterocycles. The van der Waals surface area contributed by atoms with Crippen LogP contribution in [0.1, 0.15) is 23.6 Å².